The molecule has 0 saturated carbocycles. The largest absolute Gasteiger partial charge is 0.441 e. The molecule has 0 saturated heterocycles. The Morgan fingerprint density at radius 2 is 1.77 bits per heavy atom. The lowest BCUT2D eigenvalue weighted by molar-refractivity contribution is -0.113. The number of carbonyl (C=O) groups excluding carboxylic acids is 1. The van der Waals surface area contributed by atoms with Gasteiger partial charge in [0.2, 0.25) is 11.8 Å². The normalized spacial score (nSPS) is 11.9. The smallest absolute Gasteiger partial charge is 0.237 e. The molecule has 1 unspecified atom stereocenters. The average molecular weight is 368 g/mol. The van der Waals surface area contributed by atoms with Crippen molar-refractivity contribution in [1.29, 1.82) is 0 Å². The summed E-state index contributed by atoms with van der Waals surface area (Å²) in [4.78, 5) is 16.5. The zero-order valence-corrected chi connectivity index (χ0v) is 15.5. The highest BCUT2D eigenvalue weighted by atomic mass is 32.2. The van der Waals surface area contributed by atoms with Gasteiger partial charge < -0.3 is 9.73 Å². The minimum Gasteiger partial charge on any atom is -0.441 e. The van der Waals surface area contributed by atoms with Crippen molar-refractivity contribution in [3.63, 3.8) is 0 Å². The molecule has 0 fully saturated rings. The van der Waals surface area contributed by atoms with Gasteiger partial charge in [0.25, 0.3) is 0 Å². The Morgan fingerprint density at radius 1 is 1.08 bits per heavy atom. The molecule has 5 nitrogen and oxygen atoms in total. The van der Waals surface area contributed by atoms with E-state index in [0.717, 1.165) is 11.1 Å². The summed E-state index contributed by atoms with van der Waals surface area (Å²) in [7, 11) is -1.37. The van der Waals surface area contributed by atoms with Gasteiger partial charge in [-0.3, -0.25) is 9.00 Å². The summed E-state index contributed by atoms with van der Waals surface area (Å²) in [6, 6.07) is 17.0. The lowest BCUT2D eigenvalue weighted by Crippen LogP contribution is -2.20. The minimum absolute atomic E-state index is 0.0825. The molecular formula is C20H20N2O3S. The van der Waals surface area contributed by atoms with Gasteiger partial charge in [0.1, 0.15) is 11.5 Å². The molecule has 2 aromatic carbocycles. The first kappa shape index (κ1) is 18.1. The molecule has 1 atom stereocenters. The third-order valence-corrected chi connectivity index (χ3v) is 5.02. The van der Waals surface area contributed by atoms with Crippen LogP contribution >= 0.6 is 0 Å². The van der Waals surface area contributed by atoms with Gasteiger partial charge in [-0.15, -0.1) is 0 Å². The van der Waals surface area contributed by atoms with E-state index in [4.69, 9.17) is 4.42 Å². The molecule has 3 rings (SSSR count). The molecule has 1 amide bonds. The molecule has 1 N–H and O–H groups in total. The highest BCUT2D eigenvalue weighted by Crippen LogP contribution is 2.22. The Labute approximate surface area is 154 Å². The zero-order valence-electron chi connectivity index (χ0n) is 14.7. The maximum atomic E-state index is 12.3. The second-order valence-electron chi connectivity index (χ2n) is 6.03. The van der Waals surface area contributed by atoms with E-state index >= 15 is 0 Å². The van der Waals surface area contributed by atoms with Crippen LogP contribution < -0.4 is 5.32 Å². The summed E-state index contributed by atoms with van der Waals surface area (Å²) in [5, 5.41) is 2.76. The maximum absolute atomic E-state index is 12.3. The first-order chi connectivity index (χ1) is 12.5. The summed E-state index contributed by atoms with van der Waals surface area (Å²) >= 11 is 0. The number of oxazole rings is 1. The molecule has 1 heterocycles. The van der Waals surface area contributed by atoms with E-state index in [9.17, 15) is 9.00 Å². The van der Waals surface area contributed by atoms with Gasteiger partial charge in [-0.05, 0) is 38.1 Å². The van der Waals surface area contributed by atoms with Gasteiger partial charge in [-0.25, -0.2) is 4.98 Å². The molecule has 26 heavy (non-hydrogen) atoms. The SMILES string of the molecule is Cc1ccc(NC(=O)CS(=O)Cc2nc(-c3ccccc3)oc2C)cc1. The van der Waals surface area contributed by atoms with Crippen molar-refractivity contribution < 1.29 is 13.4 Å². The second kappa shape index (κ2) is 8.10. The van der Waals surface area contributed by atoms with Gasteiger partial charge >= 0.3 is 0 Å². The minimum atomic E-state index is -1.37. The van der Waals surface area contributed by atoms with Crippen LogP contribution in [0.25, 0.3) is 11.5 Å². The summed E-state index contributed by atoms with van der Waals surface area (Å²) in [6.45, 7) is 3.77. The van der Waals surface area contributed by atoms with E-state index in [0.29, 0.717) is 23.0 Å². The van der Waals surface area contributed by atoms with Gasteiger partial charge in [-0.1, -0.05) is 35.9 Å². The van der Waals surface area contributed by atoms with Gasteiger partial charge in [0, 0.05) is 22.1 Å². The molecule has 6 heteroatoms. The monoisotopic (exact) mass is 368 g/mol. The van der Waals surface area contributed by atoms with Crippen LogP contribution in [0.2, 0.25) is 0 Å². The summed E-state index contributed by atoms with van der Waals surface area (Å²) in [5.74, 6) is 0.941. The average Bonchev–Trinajstić information content (AvgIpc) is 2.98. The quantitative estimate of drug-likeness (QED) is 0.717. The van der Waals surface area contributed by atoms with Gasteiger partial charge in [0.05, 0.1) is 11.4 Å². The van der Waals surface area contributed by atoms with Crippen molar-refractivity contribution in [2.45, 2.75) is 19.6 Å². The van der Waals surface area contributed by atoms with Crippen LogP contribution in [0.4, 0.5) is 5.69 Å². The molecule has 0 aliphatic rings. The molecule has 0 spiro atoms. The van der Waals surface area contributed by atoms with E-state index in [1.165, 1.54) is 0 Å². The lowest BCUT2D eigenvalue weighted by Gasteiger charge is -2.05. The first-order valence-electron chi connectivity index (χ1n) is 8.24. The standard InChI is InChI=1S/C20H20N2O3S/c1-14-8-10-17(11-9-14)21-19(23)13-26(24)12-18-15(2)25-20(22-18)16-6-4-3-5-7-16/h3-11H,12-13H2,1-2H3,(H,21,23). The summed E-state index contributed by atoms with van der Waals surface area (Å²) < 4.78 is 18.0. The number of aryl methyl sites for hydroxylation is 2. The molecule has 134 valence electrons. The Balaban J connectivity index is 1.60. The van der Waals surface area contributed by atoms with Crippen molar-refractivity contribution in [2.24, 2.45) is 0 Å². The number of benzene rings is 2. The van der Waals surface area contributed by atoms with Crippen molar-refractivity contribution >= 4 is 22.4 Å². The lowest BCUT2D eigenvalue weighted by atomic mass is 10.2. The predicted octanol–water partition coefficient (Wildman–Crippen LogP) is 3.85. The Bertz CT molecular complexity index is 918. The van der Waals surface area contributed by atoms with Crippen LogP contribution in [0.5, 0.6) is 0 Å². The van der Waals surface area contributed by atoms with E-state index in [1.54, 1.807) is 6.92 Å². The number of aromatic nitrogens is 1. The first-order valence-corrected chi connectivity index (χ1v) is 9.73. The highest BCUT2D eigenvalue weighted by molar-refractivity contribution is 7.84. The number of hydrogen-bond donors (Lipinski definition) is 1. The number of carbonyl (C=O) groups is 1. The van der Waals surface area contributed by atoms with E-state index in [2.05, 4.69) is 10.3 Å². The Hall–Kier alpha value is -2.73. The second-order valence-corrected chi connectivity index (χ2v) is 7.49. The third kappa shape index (κ3) is 4.67. The fourth-order valence-electron chi connectivity index (χ4n) is 2.45. The van der Waals surface area contributed by atoms with Crippen molar-refractivity contribution in [3.05, 3.63) is 71.6 Å². The third-order valence-electron chi connectivity index (χ3n) is 3.84. The molecular weight excluding hydrogens is 348 g/mol. The van der Waals surface area contributed by atoms with E-state index in [-0.39, 0.29) is 17.4 Å². The van der Waals surface area contributed by atoms with Gasteiger partial charge in [0.15, 0.2) is 0 Å². The number of rotatable bonds is 6. The number of amides is 1. The molecule has 0 bridgehead atoms. The zero-order chi connectivity index (χ0) is 18.5. The number of anilines is 1. The number of nitrogens with one attached hydrogen (secondary N) is 1. The summed E-state index contributed by atoms with van der Waals surface area (Å²) in [6.07, 6.45) is 0. The fourth-order valence-corrected chi connectivity index (χ4v) is 3.49. The maximum Gasteiger partial charge on any atom is 0.237 e. The topological polar surface area (TPSA) is 72.2 Å². The van der Waals surface area contributed by atoms with E-state index in [1.807, 2.05) is 61.5 Å². The van der Waals surface area contributed by atoms with Crippen LogP contribution in [0.15, 0.2) is 59.0 Å². The van der Waals surface area contributed by atoms with Crippen LogP contribution in [-0.4, -0.2) is 20.9 Å². The molecule has 3 aromatic rings. The van der Waals surface area contributed by atoms with Crippen LogP contribution in [0, 0.1) is 13.8 Å². The fraction of sp³-hybridized carbons (Fsp3) is 0.200. The van der Waals surface area contributed by atoms with Crippen LogP contribution in [-0.2, 0) is 21.3 Å². The van der Waals surface area contributed by atoms with Crippen LogP contribution in [0.3, 0.4) is 0 Å². The van der Waals surface area contributed by atoms with Gasteiger partial charge in [-0.2, -0.15) is 0 Å². The molecule has 0 radical (unpaired) electrons. The molecule has 1 aromatic heterocycles. The van der Waals surface area contributed by atoms with Crippen molar-refractivity contribution in [3.8, 4) is 11.5 Å². The number of hydrogen-bond acceptors (Lipinski definition) is 4. The van der Waals surface area contributed by atoms with E-state index < -0.39 is 10.8 Å². The highest BCUT2D eigenvalue weighted by Gasteiger charge is 2.16. The molecule has 0 aliphatic carbocycles. The Kier molecular flexibility index (Phi) is 5.63. The van der Waals surface area contributed by atoms with Crippen molar-refractivity contribution in [2.75, 3.05) is 11.1 Å². The van der Waals surface area contributed by atoms with Crippen molar-refractivity contribution in [1.82, 2.24) is 4.98 Å². The summed E-state index contributed by atoms with van der Waals surface area (Å²) in [5.41, 5.74) is 3.29. The van der Waals surface area contributed by atoms with Crippen LogP contribution in [0.1, 0.15) is 17.0 Å². The predicted molar refractivity (Wildman–Crippen MR) is 103 cm³/mol. The number of nitrogens with zero attached hydrogens (tertiary/aromatic N) is 1. The Morgan fingerprint density at radius 3 is 2.46 bits per heavy atom. The molecule has 0 aliphatic heterocycles.